The Bertz CT molecular complexity index is 389. The molecule has 0 aliphatic carbocycles. The number of hydrogen-bond donors (Lipinski definition) is 2. The van der Waals surface area contributed by atoms with Crippen LogP contribution in [0.1, 0.15) is 18.9 Å². The van der Waals surface area contributed by atoms with Crippen LogP contribution in [0.25, 0.3) is 0 Å². The highest BCUT2D eigenvalue weighted by Gasteiger charge is 2.08. The second-order valence-electron chi connectivity index (χ2n) is 3.59. The van der Waals surface area contributed by atoms with E-state index in [0.29, 0.717) is 0 Å². The minimum atomic E-state index is -3.58. The molecular formula is C10H16N2O2S. The van der Waals surface area contributed by atoms with Crippen molar-refractivity contribution in [2.45, 2.75) is 25.8 Å². The van der Waals surface area contributed by atoms with Crippen molar-refractivity contribution in [3.05, 3.63) is 35.9 Å². The minimum absolute atomic E-state index is 0.139. The number of hydrogen-bond acceptors (Lipinski definition) is 2. The standard InChI is InChI=1S/C10H16N2O2S/c1-9(12-15(11,13)14)7-8-10-5-3-2-4-6-10/h2-6,9,12H,7-8H2,1H3,(H2,11,13,14). The summed E-state index contributed by atoms with van der Waals surface area (Å²) in [4.78, 5) is 0. The third-order valence-electron chi connectivity index (χ3n) is 2.07. The molecule has 0 bridgehead atoms. The van der Waals surface area contributed by atoms with Crippen molar-refractivity contribution in [1.82, 2.24) is 4.72 Å². The van der Waals surface area contributed by atoms with Crippen LogP contribution in [0.4, 0.5) is 0 Å². The van der Waals surface area contributed by atoms with Gasteiger partial charge in [-0.25, -0.2) is 5.14 Å². The predicted molar refractivity (Wildman–Crippen MR) is 60.5 cm³/mol. The van der Waals surface area contributed by atoms with E-state index in [9.17, 15) is 8.42 Å². The molecule has 1 unspecified atom stereocenters. The van der Waals surface area contributed by atoms with Crippen LogP contribution in [0.15, 0.2) is 30.3 Å². The Hall–Kier alpha value is -0.910. The second-order valence-corrected chi connectivity index (χ2v) is 4.91. The van der Waals surface area contributed by atoms with E-state index in [-0.39, 0.29) is 6.04 Å². The monoisotopic (exact) mass is 228 g/mol. The van der Waals surface area contributed by atoms with Crippen molar-refractivity contribution in [3.8, 4) is 0 Å². The molecule has 1 rings (SSSR count). The summed E-state index contributed by atoms with van der Waals surface area (Å²) in [7, 11) is -3.58. The summed E-state index contributed by atoms with van der Waals surface area (Å²) in [5.74, 6) is 0. The summed E-state index contributed by atoms with van der Waals surface area (Å²) in [5, 5.41) is 4.87. The molecule has 1 atom stereocenters. The molecule has 0 heterocycles. The van der Waals surface area contributed by atoms with E-state index in [1.54, 1.807) is 6.92 Å². The zero-order chi connectivity index (χ0) is 11.3. The smallest absolute Gasteiger partial charge is 0.216 e. The molecule has 0 saturated heterocycles. The van der Waals surface area contributed by atoms with Gasteiger partial charge in [-0.3, -0.25) is 0 Å². The van der Waals surface area contributed by atoms with Gasteiger partial charge in [-0.2, -0.15) is 13.1 Å². The van der Waals surface area contributed by atoms with Crippen molar-refractivity contribution in [2.75, 3.05) is 0 Å². The van der Waals surface area contributed by atoms with Crippen molar-refractivity contribution in [1.29, 1.82) is 0 Å². The third kappa shape index (κ3) is 5.51. The maximum Gasteiger partial charge on any atom is 0.274 e. The molecule has 5 heteroatoms. The van der Waals surface area contributed by atoms with Gasteiger partial charge in [0.05, 0.1) is 0 Å². The molecule has 0 aliphatic heterocycles. The van der Waals surface area contributed by atoms with Crippen LogP contribution in [0, 0.1) is 0 Å². The quantitative estimate of drug-likeness (QED) is 0.782. The maximum absolute atomic E-state index is 10.7. The van der Waals surface area contributed by atoms with Gasteiger partial charge in [-0.1, -0.05) is 30.3 Å². The van der Waals surface area contributed by atoms with Crippen molar-refractivity contribution in [3.63, 3.8) is 0 Å². The number of nitrogens with two attached hydrogens (primary N) is 1. The Kier molecular flexibility index (Phi) is 4.26. The molecule has 0 aliphatic rings. The van der Waals surface area contributed by atoms with Gasteiger partial charge < -0.3 is 0 Å². The van der Waals surface area contributed by atoms with Crippen LogP contribution in [-0.4, -0.2) is 14.5 Å². The first-order chi connectivity index (χ1) is 6.97. The largest absolute Gasteiger partial charge is 0.274 e. The summed E-state index contributed by atoms with van der Waals surface area (Å²) in [5.41, 5.74) is 1.19. The SMILES string of the molecule is CC(CCc1ccccc1)NS(N)(=O)=O. The predicted octanol–water partition coefficient (Wildman–Crippen LogP) is 0.801. The van der Waals surface area contributed by atoms with Crippen molar-refractivity contribution >= 4 is 10.2 Å². The number of aryl methyl sites for hydroxylation is 1. The van der Waals surface area contributed by atoms with Gasteiger partial charge >= 0.3 is 0 Å². The molecule has 0 radical (unpaired) electrons. The Morgan fingerprint density at radius 2 is 1.93 bits per heavy atom. The van der Waals surface area contributed by atoms with Gasteiger partial charge in [0.15, 0.2) is 0 Å². The fourth-order valence-corrected chi connectivity index (χ4v) is 2.05. The number of nitrogens with one attached hydrogen (secondary N) is 1. The van der Waals surface area contributed by atoms with Gasteiger partial charge in [0.2, 0.25) is 0 Å². The van der Waals surface area contributed by atoms with Crippen LogP contribution in [0.5, 0.6) is 0 Å². The lowest BCUT2D eigenvalue weighted by Gasteiger charge is -2.11. The summed E-state index contributed by atoms with van der Waals surface area (Å²) >= 11 is 0. The molecule has 0 saturated carbocycles. The molecule has 0 spiro atoms. The van der Waals surface area contributed by atoms with Crippen LogP contribution in [0.3, 0.4) is 0 Å². The van der Waals surface area contributed by atoms with Crippen molar-refractivity contribution < 1.29 is 8.42 Å². The highest BCUT2D eigenvalue weighted by atomic mass is 32.2. The van der Waals surface area contributed by atoms with Gasteiger partial charge in [-0.05, 0) is 25.3 Å². The first-order valence-corrected chi connectivity index (χ1v) is 6.36. The lowest BCUT2D eigenvalue weighted by atomic mass is 10.1. The van der Waals surface area contributed by atoms with Crippen LogP contribution in [-0.2, 0) is 16.6 Å². The zero-order valence-electron chi connectivity index (χ0n) is 8.68. The van der Waals surface area contributed by atoms with Crippen LogP contribution < -0.4 is 9.86 Å². The summed E-state index contributed by atoms with van der Waals surface area (Å²) in [6.45, 7) is 1.80. The lowest BCUT2D eigenvalue weighted by molar-refractivity contribution is 0.548. The summed E-state index contributed by atoms with van der Waals surface area (Å²) in [6.07, 6.45) is 1.57. The molecular weight excluding hydrogens is 212 g/mol. The Labute approximate surface area is 90.7 Å². The normalized spacial score (nSPS) is 13.7. The fraction of sp³-hybridized carbons (Fsp3) is 0.400. The molecule has 0 amide bonds. The van der Waals surface area contributed by atoms with E-state index in [1.807, 2.05) is 30.3 Å². The maximum atomic E-state index is 10.7. The van der Waals surface area contributed by atoms with Gasteiger partial charge in [0.1, 0.15) is 0 Å². The van der Waals surface area contributed by atoms with E-state index in [1.165, 1.54) is 5.56 Å². The van der Waals surface area contributed by atoms with E-state index in [2.05, 4.69) is 4.72 Å². The summed E-state index contributed by atoms with van der Waals surface area (Å²) < 4.78 is 23.8. The molecule has 15 heavy (non-hydrogen) atoms. The number of benzene rings is 1. The highest BCUT2D eigenvalue weighted by Crippen LogP contribution is 2.04. The molecule has 84 valence electrons. The first-order valence-electron chi connectivity index (χ1n) is 4.81. The van der Waals surface area contributed by atoms with Crippen LogP contribution >= 0.6 is 0 Å². The van der Waals surface area contributed by atoms with Gasteiger partial charge in [0.25, 0.3) is 10.2 Å². The molecule has 1 aromatic rings. The van der Waals surface area contributed by atoms with E-state index in [4.69, 9.17) is 5.14 Å². The summed E-state index contributed by atoms with van der Waals surface area (Å²) in [6, 6.07) is 9.78. The van der Waals surface area contributed by atoms with Crippen molar-refractivity contribution in [2.24, 2.45) is 5.14 Å². The van der Waals surface area contributed by atoms with E-state index in [0.717, 1.165) is 12.8 Å². The van der Waals surface area contributed by atoms with E-state index >= 15 is 0 Å². The molecule has 1 aromatic carbocycles. The molecule has 3 N–H and O–H groups in total. The average molecular weight is 228 g/mol. The van der Waals surface area contributed by atoms with Crippen LogP contribution in [0.2, 0.25) is 0 Å². The fourth-order valence-electron chi connectivity index (χ4n) is 1.37. The highest BCUT2D eigenvalue weighted by molar-refractivity contribution is 7.87. The second kappa shape index (κ2) is 5.25. The van der Waals surface area contributed by atoms with Gasteiger partial charge in [0, 0.05) is 6.04 Å². The Balaban J connectivity index is 2.38. The zero-order valence-corrected chi connectivity index (χ0v) is 9.50. The molecule has 0 fully saturated rings. The molecule has 0 aromatic heterocycles. The van der Waals surface area contributed by atoms with Gasteiger partial charge in [-0.15, -0.1) is 0 Å². The average Bonchev–Trinajstić information content (AvgIpc) is 2.14. The molecule has 4 nitrogen and oxygen atoms in total. The third-order valence-corrected chi connectivity index (χ3v) is 2.81. The first kappa shape index (κ1) is 12.2. The van der Waals surface area contributed by atoms with E-state index < -0.39 is 10.2 Å². The Morgan fingerprint density at radius 3 is 2.47 bits per heavy atom. The Morgan fingerprint density at radius 1 is 1.33 bits per heavy atom. The number of rotatable bonds is 5. The minimum Gasteiger partial charge on any atom is -0.216 e. The topological polar surface area (TPSA) is 72.2 Å². The lowest BCUT2D eigenvalue weighted by Crippen LogP contribution is -2.37.